The molecule has 2 unspecified atom stereocenters. The fraction of sp³-hybridized carbons (Fsp3) is 0.741. The third-order valence-corrected chi connectivity index (χ3v) is 8.74. The van der Waals surface area contributed by atoms with E-state index in [1.165, 1.54) is 6.42 Å². The molecule has 2 amide bonds. The second-order valence-electron chi connectivity index (χ2n) is 12.0. The largest absolute Gasteiger partial charge is 0.390 e. The summed E-state index contributed by atoms with van der Waals surface area (Å²) in [7, 11) is 0. The Morgan fingerprint density at radius 2 is 1.65 bits per heavy atom. The molecule has 5 fully saturated rings. The van der Waals surface area contributed by atoms with Gasteiger partial charge in [-0.1, -0.05) is 33.1 Å². The van der Waals surface area contributed by atoms with Crippen LogP contribution in [-0.2, 0) is 0 Å². The van der Waals surface area contributed by atoms with Gasteiger partial charge in [-0.15, -0.1) is 0 Å². The predicted octanol–water partition coefficient (Wildman–Crippen LogP) is 3.41. The van der Waals surface area contributed by atoms with Crippen molar-refractivity contribution >= 4 is 11.8 Å². The molecule has 0 radical (unpaired) electrons. The molecule has 1 heterocycles. The molecule has 5 aliphatic rings. The minimum absolute atomic E-state index is 0.00900. The van der Waals surface area contributed by atoms with Gasteiger partial charge in [0.25, 0.3) is 11.8 Å². The summed E-state index contributed by atoms with van der Waals surface area (Å²) in [5, 5.41) is 16.9. The van der Waals surface area contributed by atoms with E-state index in [4.69, 9.17) is 0 Å². The summed E-state index contributed by atoms with van der Waals surface area (Å²) in [6.07, 6.45) is 13.2. The lowest BCUT2D eigenvalue weighted by Crippen LogP contribution is -2.61. The maximum absolute atomic E-state index is 13.5. The van der Waals surface area contributed by atoms with Crippen LogP contribution in [-0.4, -0.2) is 39.7 Å². The first-order valence-electron chi connectivity index (χ1n) is 13.3. The fourth-order valence-corrected chi connectivity index (χ4v) is 7.35. The van der Waals surface area contributed by atoms with Crippen LogP contribution in [0.4, 0.5) is 0 Å². The van der Waals surface area contributed by atoms with Crippen molar-refractivity contribution in [3.63, 3.8) is 0 Å². The second-order valence-corrected chi connectivity index (χ2v) is 12.0. The Hall–Kier alpha value is -2.15. The van der Waals surface area contributed by atoms with E-state index in [9.17, 15) is 19.5 Å². The van der Waals surface area contributed by atoms with Crippen LogP contribution in [0.5, 0.6) is 0 Å². The molecule has 34 heavy (non-hydrogen) atoms. The van der Waals surface area contributed by atoms with Crippen molar-refractivity contribution < 1.29 is 14.7 Å². The third kappa shape index (κ3) is 4.56. The highest BCUT2D eigenvalue weighted by atomic mass is 16.3. The molecule has 0 aromatic carbocycles. The van der Waals surface area contributed by atoms with Gasteiger partial charge in [0.1, 0.15) is 11.1 Å². The van der Waals surface area contributed by atoms with E-state index in [1.807, 2.05) is 18.4 Å². The molecule has 0 aliphatic heterocycles. The fourth-order valence-electron chi connectivity index (χ4n) is 7.35. The summed E-state index contributed by atoms with van der Waals surface area (Å²) in [6.45, 7) is 4.49. The van der Waals surface area contributed by atoms with Crippen LogP contribution in [0.15, 0.2) is 17.2 Å². The van der Waals surface area contributed by atoms with Crippen LogP contribution in [0.2, 0.25) is 0 Å². The second kappa shape index (κ2) is 9.14. The molecule has 4 bridgehead atoms. The van der Waals surface area contributed by atoms with Crippen molar-refractivity contribution in [3.8, 4) is 0 Å². The molecule has 1 aromatic rings. The summed E-state index contributed by atoms with van der Waals surface area (Å²) in [4.78, 5) is 39.8. The van der Waals surface area contributed by atoms with Crippen LogP contribution in [0.25, 0.3) is 0 Å². The Labute approximate surface area is 201 Å². The van der Waals surface area contributed by atoms with Gasteiger partial charge in [-0.2, -0.15) is 0 Å². The Kier molecular flexibility index (Phi) is 6.34. The van der Waals surface area contributed by atoms with Crippen molar-refractivity contribution in [2.75, 3.05) is 6.54 Å². The topological polar surface area (TPSA) is 100 Å². The molecule has 5 aliphatic carbocycles. The van der Waals surface area contributed by atoms with Gasteiger partial charge >= 0.3 is 0 Å². The van der Waals surface area contributed by atoms with Gasteiger partial charge in [0.15, 0.2) is 0 Å². The van der Waals surface area contributed by atoms with E-state index >= 15 is 0 Å². The average Bonchev–Trinajstić information content (AvgIpc) is 2.79. The monoisotopic (exact) mass is 469 g/mol. The lowest BCUT2D eigenvalue weighted by Gasteiger charge is -2.58. The Morgan fingerprint density at radius 3 is 2.24 bits per heavy atom. The smallest absolute Gasteiger partial charge is 0.257 e. The minimum Gasteiger partial charge on any atom is -0.390 e. The van der Waals surface area contributed by atoms with Gasteiger partial charge in [-0.3, -0.25) is 14.4 Å². The van der Waals surface area contributed by atoms with E-state index < -0.39 is 16.9 Å². The maximum atomic E-state index is 13.5. The molecular formula is C27H39N3O4. The van der Waals surface area contributed by atoms with Crippen molar-refractivity contribution in [2.45, 2.75) is 95.7 Å². The maximum Gasteiger partial charge on any atom is 0.257 e. The average molecular weight is 470 g/mol. The van der Waals surface area contributed by atoms with Crippen molar-refractivity contribution in [3.05, 3.63) is 33.7 Å². The van der Waals surface area contributed by atoms with Crippen molar-refractivity contribution in [1.29, 1.82) is 0 Å². The van der Waals surface area contributed by atoms with E-state index in [0.717, 1.165) is 57.8 Å². The molecule has 2 atom stereocenters. The van der Waals surface area contributed by atoms with E-state index in [2.05, 4.69) is 10.6 Å². The van der Waals surface area contributed by atoms with Gasteiger partial charge in [0.05, 0.1) is 5.60 Å². The zero-order valence-corrected chi connectivity index (χ0v) is 20.5. The first kappa shape index (κ1) is 23.6. The lowest BCUT2D eigenvalue weighted by atomic mass is 9.52. The Morgan fingerprint density at radius 1 is 1.03 bits per heavy atom. The number of pyridine rings is 1. The molecule has 5 saturated carbocycles. The molecule has 7 heteroatoms. The summed E-state index contributed by atoms with van der Waals surface area (Å²) in [5.74, 6) is 0.554. The van der Waals surface area contributed by atoms with Crippen LogP contribution in [0.3, 0.4) is 0 Å². The molecule has 6 rings (SSSR count). The predicted molar refractivity (Wildman–Crippen MR) is 130 cm³/mol. The quantitative estimate of drug-likeness (QED) is 0.594. The zero-order valence-electron chi connectivity index (χ0n) is 20.5. The highest BCUT2D eigenvalue weighted by Crippen LogP contribution is 2.55. The lowest BCUT2D eigenvalue weighted by molar-refractivity contribution is -0.136. The Bertz CT molecular complexity index is 994. The molecule has 186 valence electrons. The van der Waals surface area contributed by atoms with Crippen LogP contribution in [0.1, 0.15) is 105 Å². The number of carbonyl (C=O) groups excluding carboxylic acids is 2. The summed E-state index contributed by atoms with van der Waals surface area (Å²) in [5.41, 5.74) is -0.943. The van der Waals surface area contributed by atoms with Gasteiger partial charge < -0.3 is 20.3 Å². The van der Waals surface area contributed by atoms with Gasteiger partial charge in [-0.25, -0.2) is 0 Å². The number of aliphatic hydroxyl groups is 1. The number of hydrogen-bond donors (Lipinski definition) is 3. The van der Waals surface area contributed by atoms with Crippen molar-refractivity contribution in [2.24, 2.45) is 23.7 Å². The molecule has 1 aromatic heterocycles. The molecule has 7 nitrogen and oxygen atoms in total. The van der Waals surface area contributed by atoms with Crippen LogP contribution in [0, 0.1) is 23.7 Å². The number of carbonyl (C=O) groups is 2. The molecule has 0 saturated heterocycles. The van der Waals surface area contributed by atoms with Crippen LogP contribution >= 0.6 is 0 Å². The third-order valence-electron chi connectivity index (χ3n) is 8.74. The first-order chi connectivity index (χ1) is 16.2. The number of hydrogen-bond acceptors (Lipinski definition) is 4. The number of nitrogens with zero attached hydrogens (tertiary/aromatic N) is 1. The number of amides is 2. The minimum atomic E-state index is -0.570. The molecule has 3 N–H and O–H groups in total. The summed E-state index contributed by atoms with van der Waals surface area (Å²) >= 11 is 0. The Balaban J connectivity index is 1.42. The standard InChI is InChI=1S/C27H39N3O4/c1-16(2)13-28-25(32)21-14-30(20-6-4-3-5-7-20)15-22(24(21)31)26(33)29-23-18-8-17-9-19(23)12-27(34,10-17)11-18/h14-20,23,34H,3-13H2,1-2H3,(H,28,32)(H,29,33). The van der Waals surface area contributed by atoms with Gasteiger partial charge in [0.2, 0.25) is 5.43 Å². The van der Waals surface area contributed by atoms with E-state index in [0.29, 0.717) is 12.5 Å². The van der Waals surface area contributed by atoms with Gasteiger partial charge in [0, 0.05) is 31.0 Å². The van der Waals surface area contributed by atoms with Crippen molar-refractivity contribution in [1.82, 2.24) is 15.2 Å². The number of nitrogens with one attached hydrogen (secondary N) is 2. The normalized spacial score (nSPS) is 32.7. The molecule has 0 spiro atoms. The summed E-state index contributed by atoms with van der Waals surface area (Å²) in [6, 6.07) is 0.193. The zero-order chi connectivity index (χ0) is 24.0. The highest BCUT2D eigenvalue weighted by molar-refractivity contribution is 5.99. The SMILES string of the molecule is CC(C)CNC(=O)c1cn(C2CCCCC2)cc(C(=O)NC2C3CC4CC2CC(O)(C4)C3)c1=O. The number of rotatable bonds is 6. The summed E-state index contributed by atoms with van der Waals surface area (Å²) < 4.78 is 1.94. The first-order valence-corrected chi connectivity index (χ1v) is 13.3. The highest BCUT2D eigenvalue weighted by Gasteiger charge is 2.55. The number of aromatic nitrogens is 1. The van der Waals surface area contributed by atoms with Crippen LogP contribution < -0.4 is 16.1 Å². The van der Waals surface area contributed by atoms with Gasteiger partial charge in [-0.05, 0) is 68.6 Å². The van der Waals surface area contributed by atoms with E-state index in [-0.39, 0.29) is 46.9 Å². The molecular weight excluding hydrogens is 430 g/mol. The van der Waals surface area contributed by atoms with E-state index in [1.54, 1.807) is 12.4 Å².